The van der Waals surface area contributed by atoms with Crippen molar-refractivity contribution in [2.24, 2.45) is 4.40 Å². The van der Waals surface area contributed by atoms with Gasteiger partial charge in [0, 0.05) is 5.56 Å². The van der Waals surface area contributed by atoms with Gasteiger partial charge in [-0.05, 0) is 32.9 Å². The Balaban J connectivity index is 2.03. The summed E-state index contributed by atoms with van der Waals surface area (Å²) in [6.45, 7) is 6.17. The normalized spacial score (nSPS) is 18.0. The lowest BCUT2D eigenvalue weighted by molar-refractivity contribution is 0.147. The smallest absolute Gasteiger partial charge is 0.148 e. The summed E-state index contributed by atoms with van der Waals surface area (Å²) in [5.74, 6) is -0.360. The first-order valence-electron chi connectivity index (χ1n) is 7.27. The molecule has 0 saturated heterocycles. The minimum atomic E-state index is -1.38. The molecule has 23 heavy (non-hydrogen) atoms. The zero-order valence-electron chi connectivity index (χ0n) is 13.2. The van der Waals surface area contributed by atoms with Gasteiger partial charge in [-0.3, -0.25) is 0 Å². The van der Waals surface area contributed by atoms with E-state index in [-0.39, 0.29) is 12.4 Å². The van der Waals surface area contributed by atoms with Gasteiger partial charge in [0.2, 0.25) is 0 Å². The minimum Gasteiger partial charge on any atom is -0.591 e. The van der Waals surface area contributed by atoms with Crippen molar-refractivity contribution in [2.45, 2.75) is 32.1 Å². The highest BCUT2D eigenvalue weighted by Gasteiger charge is 2.30. The van der Waals surface area contributed by atoms with Gasteiger partial charge < -0.3 is 9.29 Å². The number of benzene rings is 1. The number of ether oxygens (including phenoxy) is 1. The van der Waals surface area contributed by atoms with Crippen molar-refractivity contribution in [3.8, 4) is 5.69 Å². The second kappa shape index (κ2) is 6.07. The van der Waals surface area contributed by atoms with E-state index in [1.54, 1.807) is 24.4 Å². The van der Waals surface area contributed by atoms with Gasteiger partial charge in [-0.25, -0.2) is 9.07 Å². The molecule has 1 atom stereocenters. The second-order valence-electron chi connectivity index (χ2n) is 6.26. The lowest BCUT2D eigenvalue weighted by Gasteiger charge is -2.21. The molecule has 0 bridgehead atoms. The van der Waals surface area contributed by atoms with E-state index in [9.17, 15) is 8.94 Å². The lowest BCUT2D eigenvalue weighted by atomic mass is 10.1. The van der Waals surface area contributed by atoms with E-state index >= 15 is 0 Å². The zero-order valence-corrected chi connectivity index (χ0v) is 14.1. The minimum absolute atomic E-state index is 0.276. The molecule has 2 aromatic rings. The third-order valence-electron chi connectivity index (χ3n) is 3.45. The SMILES string of the molecule is CC(C)(C)[S@+]([O-])/N=C1\COCc2c1cnn2-c1ccccc1F. The Morgan fingerprint density at radius 1 is 1.30 bits per heavy atom. The van der Waals surface area contributed by atoms with E-state index in [0.29, 0.717) is 23.7 Å². The standard InChI is InChI=1S/C16H18FN3O2S/c1-16(2,3)23(21)19-13-9-22-10-15-11(13)8-18-20(15)14-7-5-4-6-12(14)17/h4-8H,9-10H2,1-3H3/b19-13+/t23-/m0/s1. The fourth-order valence-corrected chi connectivity index (χ4v) is 2.84. The van der Waals surface area contributed by atoms with Crippen LogP contribution < -0.4 is 0 Å². The van der Waals surface area contributed by atoms with Gasteiger partial charge >= 0.3 is 0 Å². The molecule has 0 fully saturated rings. The van der Waals surface area contributed by atoms with Crippen molar-refractivity contribution in [1.82, 2.24) is 9.78 Å². The molecule has 122 valence electrons. The topological polar surface area (TPSA) is 62.5 Å². The van der Waals surface area contributed by atoms with E-state index in [1.165, 1.54) is 10.7 Å². The van der Waals surface area contributed by atoms with Crippen LogP contribution in [0.5, 0.6) is 0 Å². The van der Waals surface area contributed by atoms with Gasteiger partial charge in [-0.2, -0.15) is 5.10 Å². The van der Waals surface area contributed by atoms with Crippen LogP contribution in [0.25, 0.3) is 5.69 Å². The maximum absolute atomic E-state index is 14.0. The molecule has 0 radical (unpaired) electrons. The van der Waals surface area contributed by atoms with Crippen molar-refractivity contribution in [3.63, 3.8) is 0 Å². The first kappa shape index (κ1) is 16.2. The van der Waals surface area contributed by atoms with E-state index < -0.39 is 16.1 Å². The molecule has 1 aromatic heterocycles. The Kier molecular flexibility index (Phi) is 4.27. The van der Waals surface area contributed by atoms with Gasteiger partial charge in [0.25, 0.3) is 0 Å². The fourth-order valence-electron chi connectivity index (χ4n) is 2.22. The Morgan fingerprint density at radius 3 is 2.74 bits per heavy atom. The molecule has 0 unspecified atom stereocenters. The highest BCUT2D eigenvalue weighted by atomic mass is 32.2. The zero-order chi connectivity index (χ0) is 16.6. The molecule has 0 saturated carbocycles. The summed E-state index contributed by atoms with van der Waals surface area (Å²) in [5, 5.41) is 4.27. The first-order chi connectivity index (χ1) is 10.9. The van der Waals surface area contributed by atoms with Crippen molar-refractivity contribution in [3.05, 3.63) is 47.5 Å². The summed E-state index contributed by atoms with van der Waals surface area (Å²) in [7, 11) is 0. The van der Waals surface area contributed by atoms with Crippen LogP contribution >= 0.6 is 0 Å². The maximum atomic E-state index is 14.0. The number of hydrogen-bond acceptors (Lipinski definition) is 4. The summed E-state index contributed by atoms with van der Waals surface area (Å²) in [6.07, 6.45) is 1.63. The number of fused-ring (bicyclic) bond motifs is 1. The number of rotatable bonds is 2. The van der Waals surface area contributed by atoms with Crippen LogP contribution in [0.3, 0.4) is 0 Å². The molecular formula is C16H18FN3O2S. The van der Waals surface area contributed by atoms with Crippen molar-refractivity contribution >= 4 is 17.1 Å². The number of hydrogen-bond donors (Lipinski definition) is 0. The summed E-state index contributed by atoms with van der Waals surface area (Å²) in [6, 6.07) is 6.42. The van der Waals surface area contributed by atoms with E-state index in [1.807, 2.05) is 20.8 Å². The van der Waals surface area contributed by atoms with Gasteiger partial charge in [-0.1, -0.05) is 16.5 Å². The monoisotopic (exact) mass is 335 g/mol. The van der Waals surface area contributed by atoms with Crippen molar-refractivity contribution in [2.75, 3.05) is 6.61 Å². The van der Waals surface area contributed by atoms with Gasteiger partial charge in [0.05, 0.1) is 25.1 Å². The van der Waals surface area contributed by atoms with Crippen LogP contribution in [-0.2, 0) is 22.7 Å². The average molecular weight is 335 g/mol. The molecule has 7 heteroatoms. The number of nitrogens with zero attached hydrogens (tertiary/aromatic N) is 3. The van der Waals surface area contributed by atoms with Gasteiger partial charge in [0.15, 0.2) is 0 Å². The van der Waals surface area contributed by atoms with E-state index in [0.717, 1.165) is 5.56 Å². The Labute approximate surface area is 137 Å². The molecule has 0 aliphatic carbocycles. The predicted octanol–water partition coefficient (Wildman–Crippen LogP) is 2.79. The molecule has 3 rings (SSSR count). The van der Waals surface area contributed by atoms with E-state index in [2.05, 4.69) is 9.50 Å². The van der Waals surface area contributed by atoms with Crippen molar-refractivity contribution in [1.29, 1.82) is 0 Å². The molecule has 0 N–H and O–H groups in total. The molecule has 5 nitrogen and oxygen atoms in total. The molecule has 1 aromatic carbocycles. The lowest BCUT2D eigenvalue weighted by Crippen LogP contribution is -2.29. The van der Waals surface area contributed by atoms with Crippen LogP contribution in [-0.4, -0.2) is 31.4 Å². The third kappa shape index (κ3) is 3.17. The summed E-state index contributed by atoms with van der Waals surface area (Å²) in [4.78, 5) is 0. The fraction of sp³-hybridized carbons (Fsp3) is 0.375. The number of halogens is 1. The molecule has 0 amide bonds. The highest BCUT2D eigenvalue weighted by Crippen LogP contribution is 2.24. The molecular weight excluding hydrogens is 317 g/mol. The van der Waals surface area contributed by atoms with Crippen LogP contribution in [0.2, 0.25) is 0 Å². The molecule has 0 spiro atoms. The van der Waals surface area contributed by atoms with Crippen molar-refractivity contribution < 1.29 is 13.7 Å². The average Bonchev–Trinajstić information content (AvgIpc) is 2.91. The molecule has 2 heterocycles. The van der Waals surface area contributed by atoms with Crippen LogP contribution in [0.4, 0.5) is 4.39 Å². The van der Waals surface area contributed by atoms with Crippen LogP contribution in [0, 0.1) is 5.82 Å². The quantitative estimate of drug-likeness (QED) is 0.793. The number of para-hydroxylation sites is 1. The second-order valence-corrected chi connectivity index (χ2v) is 8.17. The van der Waals surface area contributed by atoms with Crippen LogP contribution in [0.15, 0.2) is 34.9 Å². The highest BCUT2D eigenvalue weighted by molar-refractivity contribution is 7.91. The Bertz CT molecular complexity index is 752. The number of aromatic nitrogens is 2. The largest absolute Gasteiger partial charge is 0.591 e. The summed E-state index contributed by atoms with van der Waals surface area (Å²) in [5.41, 5.74) is 2.42. The maximum Gasteiger partial charge on any atom is 0.148 e. The van der Waals surface area contributed by atoms with Gasteiger partial charge in [-0.15, -0.1) is 0 Å². The first-order valence-corrected chi connectivity index (χ1v) is 8.38. The van der Waals surface area contributed by atoms with Crippen LogP contribution in [0.1, 0.15) is 32.0 Å². The predicted molar refractivity (Wildman–Crippen MR) is 87.6 cm³/mol. The summed E-state index contributed by atoms with van der Waals surface area (Å²) >= 11 is -1.38. The Morgan fingerprint density at radius 2 is 2.04 bits per heavy atom. The van der Waals surface area contributed by atoms with E-state index in [4.69, 9.17) is 4.74 Å². The summed E-state index contributed by atoms with van der Waals surface area (Å²) < 4.78 is 37.2. The molecule has 1 aliphatic rings. The Hall–Kier alpha value is -1.70. The molecule has 1 aliphatic heterocycles. The van der Waals surface area contributed by atoms with Gasteiger partial charge in [0.1, 0.15) is 33.3 Å². The third-order valence-corrected chi connectivity index (χ3v) is 4.89.